The van der Waals surface area contributed by atoms with Gasteiger partial charge in [0.25, 0.3) is 0 Å². The molecule has 0 spiro atoms. The highest BCUT2D eigenvalue weighted by Crippen LogP contribution is 2.38. The minimum Gasteiger partial charge on any atom is -0.457 e. The summed E-state index contributed by atoms with van der Waals surface area (Å²) in [6.45, 7) is 3.21. The van der Waals surface area contributed by atoms with Crippen molar-refractivity contribution in [3.05, 3.63) is 48.5 Å². The molecule has 0 aromatic heterocycles. The van der Waals surface area contributed by atoms with E-state index in [1.807, 2.05) is 0 Å². The van der Waals surface area contributed by atoms with Crippen LogP contribution in [0.5, 0.6) is 11.5 Å². The fourth-order valence-electron chi connectivity index (χ4n) is 2.14. The Morgan fingerprint density at radius 3 is 2.04 bits per heavy atom. The van der Waals surface area contributed by atoms with Gasteiger partial charge in [-0.3, -0.25) is 4.79 Å². The second-order valence-electron chi connectivity index (χ2n) is 5.70. The molecular formula is C17H17NO5S. The maximum absolute atomic E-state index is 12.3. The second-order valence-corrected chi connectivity index (χ2v) is 8.05. The Balaban J connectivity index is 1.71. The molecule has 2 aromatic carbocycles. The Hall–Kier alpha value is -2.38. The van der Waals surface area contributed by atoms with Gasteiger partial charge in [-0.1, -0.05) is 0 Å². The zero-order valence-electron chi connectivity index (χ0n) is 13.3. The molecule has 1 aliphatic heterocycles. The van der Waals surface area contributed by atoms with Crippen molar-refractivity contribution in [2.75, 3.05) is 11.9 Å². The lowest BCUT2D eigenvalue weighted by Crippen LogP contribution is -2.20. The van der Waals surface area contributed by atoms with Gasteiger partial charge < -0.3 is 14.8 Å². The van der Waals surface area contributed by atoms with Gasteiger partial charge in [0.1, 0.15) is 11.5 Å². The molecule has 0 aliphatic carbocycles. The highest BCUT2D eigenvalue weighted by atomic mass is 32.2. The highest BCUT2D eigenvalue weighted by molar-refractivity contribution is 7.93. The van der Waals surface area contributed by atoms with Gasteiger partial charge in [0.05, 0.1) is 11.5 Å². The molecule has 7 heteroatoms. The zero-order valence-corrected chi connectivity index (χ0v) is 14.1. The third-order valence-electron chi connectivity index (χ3n) is 3.66. The molecule has 0 bridgehead atoms. The molecule has 126 valence electrons. The van der Waals surface area contributed by atoms with Crippen LogP contribution in [-0.4, -0.2) is 25.9 Å². The van der Waals surface area contributed by atoms with E-state index in [9.17, 15) is 13.2 Å². The summed E-state index contributed by atoms with van der Waals surface area (Å²) in [5, 5.41) is 2.67. The molecule has 6 nitrogen and oxygen atoms in total. The van der Waals surface area contributed by atoms with Crippen molar-refractivity contribution in [2.24, 2.45) is 0 Å². The first kappa shape index (κ1) is 16.5. The van der Waals surface area contributed by atoms with Crippen LogP contribution in [0.4, 0.5) is 5.69 Å². The fourth-order valence-corrected chi connectivity index (χ4v) is 3.50. The number of hydrogen-bond acceptors (Lipinski definition) is 5. The van der Waals surface area contributed by atoms with Crippen LogP contribution in [0.1, 0.15) is 13.8 Å². The summed E-state index contributed by atoms with van der Waals surface area (Å²) < 4.78 is 35.3. The molecule has 24 heavy (non-hydrogen) atoms. The van der Waals surface area contributed by atoms with Crippen molar-refractivity contribution < 1.29 is 22.7 Å². The van der Waals surface area contributed by atoms with Gasteiger partial charge in [0, 0.05) is 12.6 Å². The first-order valence-electron chi connectivity index (χ1n) is 7.34. The van der Waals surface area contributed by atoms with E-state index in [0.717, 1.165) is 0 Å². The maximum Gasteiger partial charge on any atom is 0.221 e. The minimum absolute atomic E-state index is 0.145. The molecule has 1 unspecified atom stereocenters. The molecule has 1 N–H and O–H groups in total. The molecule has 1 fully saturated rings. The van der Waals surface area contributed by atoms with Crippen molar-refractivity contribution >= 4 is 21.4 Å². The average Bonchev–Trinajstić information content (AvgIpc) is 3.29. The summed E-state index contributed by atoms with van der Waals surface area (Å²) in [7, 11) is -3.49. The number of sulfone groups is 1. The van der Waals surface area contributed by atoms with Crippen LogP contribution < -0.4 is 10.1 Å². The lowest BCUT2D eigenvalue weighted by molar-refractivity contribution is -0.114. The summed E-state index contributed by atoms with van der Waals surface area (Å²) in [4.78, 5) is 10.1. The first-order valence-corrected chi connectivity index (χ1v) is 8.83. The van der Waals surface area contributed by atoms with E-state index in [1.54, 1.807) is 43.3 Å². The summed E-state index contributed by atoms with van der Waals surface area (Å²) in [6, 6.07) is 13.1. The van der Waals surface area contributed by atoms with Crippen molar-refractivity contribution in [1.29, 1.82) is 0 Å². The van der Waals surface area contributed by atoms with Crippen molar-refractivity contribution in [1.82, 2.24) is 0 Å². The molecule has 1 heterocycles. The molecule has 1 atom stereocenters. The fraction of sp³-hybridized carbons (Fsp3) is 0.235. The van der Waals surface area contributed by atoms with E-state index >= 15 is 0 Å². The Bertz CT molecular complexity index is 853. The van der Waals surface area contributed by atoms with E-state index in [4.69, 9.17) is 9.47 Å². The summed E-state index contributed by atoms with van der Waals surface area (Å²) in [5.41, 5.74) is 0.675. The van der Waals surface area contributed by atoms with Gasteiger partial charge in [-0.25, -0.2) is 8.42 Å². The Morgan fingerprint density at radius 2 is 1.58 bits per heavy atom. The molecule has 0 radical (unpaired) electrons. The molecule has 0 saturated carbocycles. The smallest absolute Gasteiger partial charge is 0.221 e. The van der Waals surface area contributed by atoms with Crippen LogP contribution in [0.25, 0.3) is 0 Å². The standard InChI is InChI=1S/C17H17NO5S/c1-12(19)18-13-3-5-14(6-4-13)23-15-7-9-16(10-8-15)24(20,21)17(2)11-22-17/h3-10H,11H2,1-2H3,(H,18,19). The van der Waals surface area contributed by atoms with E-state index in [1.165, 1.54) is 19.1 Å². The van der Waals surface area contributed by atoms with Gasteiger partial charge in [-0.2, -0.15) is 0 Å². The second kappa shape index (κ2) is 5.92. The van der Waals surface area contributed by atoms with Crippen LogP contribution in [-0.2, 0) is 19.4 Å². The van der Waals surface area contributed by atoms with Crippen LogP contribution in [0.15, 0.2) is 53.4 Å². The summed E-state index contributed by atoms with van der Waals surface area (Å²) in [5.74, 6) is 0.953. The van der Waals surface area contributed by atoms with E-state index in [0.29, 0.717) is 17.2 Å². The topological polar surface area (TPSA) is 85.0 Å². The van der Waals surface area contributed by atoms with Crippen LogP contribution >= 0.6 is 0 Å². The normalized spacial score (nSPS) is 19.6. The van der Waals surface area contributed by atoms with Crippen molar-refractivity contribution in [3.8, 4) is 11.5 Å². The molecule has 1 amide bonds. The SMILES string of the molecule is CC(=O)Nc1ccc(Oc2ccc(S(=O)(=O)C3(C)CO3)cc2)cc1. The van der Waals surface area contributed by atoms with Gasteiger partial charge in [0.2, 0.25) is 15.7 Å². The highest BCUT2D eigenvalue weighted by Gasteiger charge is 2.53. The van der Waals surface area contributed by atoms with Gasteiger partial charge in [-0.05, 0) is 55.5 Å². The lowest BCUT2D eigenvalue weighted by Gasteiger charge is -2.10. The summed E-state index contributed by atoms with van der Waals surface area (Å²) >= 11 is 0. The number of rotatable bonds is 5. The molecule has 2 aromatic rings. The molecule has 1 saturated heterocycles. The van der Waals surface area contributed by atoms with Crippen LogP contribution in [0.3, 0.4) is 0 Å². The van der Waals surface area contributed by atoms with Gasteiger partial charge in [0.15, 0.2) is 4.93 Å². The van der Waals surface area contributed by atoms with Crippen molar-refractivity contribution in [3.63, 3.8) is 0 Å². The molecule has 3 rings (SSSR count). The molecular weight excluding hydrogens is 330 g/mol. The summed E-state index contributed by atoms with van der Waals surface area (Å²) in [6.07, 6.45) is 0. The van der Waals surface area contributed by atoms with E-state index < -0.39 is 14.8 Å². The molecule has 1 aliphatic rings. The van der Waals surface area contributed by atoms with Crippen LogP contribution in [0, 0.1) is 0 Å². The monoisotopic (exact) mass is 347 g/mol. The number of benzene rings is 2. The third kappa shape index (κ3) is 3.27. The minimum atomic E-state index is -3.49. The number of carbonyl (C=O) groups is 1. The largest absolute Gasteiger partial charge is 0.457 e. The van der Waals surface area contributed by atoms with E-state index in [2.05, 4.69) is 5.32 Å². The van der Waals surface area contributed by atoms with Crippen LogP contribution in [0.2, 0.25) is 0 Å². The first-order chi connectivity index (χ1) is 11.3. The third-order valence-corrected chi connectivity index (χ3v) is 5.93. The number of hydrogen-bond donors (Lipinski definition) is 1. The predicted molar refractivity (Wildman–Crippen MR) is 88.8 cm³/mol. The quantitative estimate of drug-likeness (QED) is 0.841. The lowest BCUT2D eigenvalue weighted by atomic mass is 10.3. The van der Waals surface area contributed by atoms with Gasteiger partial charge >= 0.3 is 0 Å². The van der Waals surface area contributed by atoms with Crippen molar-refractivity contribution in [2.45, 2.75) is 23.7 Å². The van der Waals surface area contributed by atoms with E-state index in [-0.39, 0.29) is 17.4 Å². The predicted octanol–water partition coefficient (Wildman–Crippen LogP) is 2.96. The number of carbonyl (C=O) groups excluding carboxylic acids is 1. The zero-order chi connectivity index (χ0) is 17.4. The maximum atomic E-state index is 12.3. The number of nitrogens with one attached hydrogen (secondary N) is 1. The Labute approximate surface area is 140 Å². The number of anilines is 1. The Kier molecular flexibility index (Phi) is 4.06. The number of ether oxygens (including phenoxy) is 2. The average molecular weight is 347 g/mol. The Morgan fingerprint density at radius 1 is 1.08 bits per heavy atom. The number of epoxide rings is 1. The number of amides is 1. The van der Waals surface area contributed by atoms with Gasteiger partial charge in [-0.15, -0.1) is 0 Å².